The van der Waals surface area contributed by atoms with Gasteiger partial charge in [0.25, 0.3) is 0 Å². The second kappa shape index (κ2) is 5.75. The van der Waals surface area contributed by atoms with Crippen molar-refractivity contribution in [1.82, 2.24) is 24.8 Å². The van der Waals surface area contributed by atoms with E-state index in [0.29, 0.717) is 11.9 Å². The Morgan fingerprint density at radius 1 is 1.45 bits per heavy atom. The summed E-state index contributed by atoms with van der Waals surface area (Å²) < 4.78 is 7.35. The molecule has 108 valence electrons. The minimum absolute atomic E-state index is 0.164. The Morgan fingerprint density at radius 2 is 2.35 bits per heavy atom. The summed E-state index contributed by atoms with van der Waals surface area (Å²) in [6, 6.07) is 2.61. The summed E-state index contributed by atoms with van der Waals surface area (Å²) >= 11 is 0. The molecule has 0 bridgehead atoms. The molecule has 0 radical (unpaired) electrons. The molecule has 20 heavy (non-hydrogen) atoms. The highest BCUT2D eigenvalue weighted by atomic mass is 16.5. The number of rotatable bonds is 4. The van der Waals surface area contributed by atoms with E-state index in [2.05, 4.69) is 27.1 Å². The van der Waals surface area contributed by atoms with Crippen molar-refractivity contribution in [2.75, 3.05) is 6.54 Å². The molecule has 2 aromatic rings. The van der Waals surface area contributed by atoms with Crippen LogP contribution in [0.5, 0.6) is 0 Å². The summed E-state index contributed by atoms with van der Waals surface area (Å²) in [6.45, 7) is 6.00. The van der Waals surface area contributed by atoms with Crippen LogP contribution in [0, 0.1) is 6.92 Å². The van der Waals surface area contributed by atoms with E-state index in [1.807, 2.05) is 30.1 Å². The quantitative estimate of drug-likeness (QED) is 0.856. The minimum Gasteiger partial charge on any atom is -0.338 e. The van der Waals surface area contributed by atoms with E-state index in [-0.39, 0.29) is 6.04 Å². The maximum absolute atomic E-state index is 5.34. The third-order valence-corrected chi connectivity index (χ3v) is 4.03. The highest BCUT2D eigenvalue weighted by molar-refractivity contribution is 4.94. The average molecular weight is 275 g/mol. The van der Waals surface area contributed by atoms with E-state index in [4.69, 9.17) is 4.52 Å². The Bertz CT molecular complexity index is 536. The van der Waals surface area contributed by atoms with Crippen LogP contribution in [0.2, 0.25) is 0 Å². The van der Waals surface area contributed by atoms with E-state index in [0.717, 1.165) is 19.0 Å². The van der Waals surface area contributed by atoms with E-state index < -0.39 is 0 Å². The first-order valence-corrected chi connectivity index (χ1v) is 7.27. The second-order valence-corrected chi connectivity index (χ2v) is 5.47. The summed E-state index contributed by atoms with van der Waals surface area (Å²) in [4.78, 5) is 6.85. The Hall–Kier alpha value is -1.69. The zero-order valence-electron chi connectivity index (χ0n) is 12.1. The predicted octanol–water partition coefficient (Wildman–Crippen LogP) is 2.19. The van der Waals surface area contributed by atoms with Crippen LogP contribution in [0.1, 0.15) is 43.9 Å². The third kappa shape index (κ3) is 2.75. The normalized spacial score (nSPS) is 22.0. The standard InChI is InChI=1S/C14H21N5O/c1-11(14-16-12(2)17-20-14)19-9-4-3-6-13(19)10-18-8-5-7-15-18/h5,7-8,11,13H,3-4,6,9-10H2,1-2H3. The summed E-state index contributed by atoms with van der Waals surface area (Å²) in [5.74, 6) is 1.42. The van der Waals surface area contributed by atoms with Crippen LogP contribution in [0.4, 0.5) is 0 Å². The van der Waals surface area contributed by atoms with Crippen LogP contribution >= 0.6 is 0 Å². The molecular formula is C14H21N5O. The summed E-state index contributed by atoms with van der Waals surface area (Å²) in [5.41, 5.74) is 0. The lowest BCUT2D eigenvalue weighted by Crippen LogP contribution is -2.43. The summed E-state index contributed by atoms with van der Waals surface area (Å²) in [7, 11) is 0. The summed E-state index contributed by atoms with van der Waals surface area (Å²) in [6.07, 6.45) is 7.55. The SMILES string of the molecule is Cc1noc(C(C)N2CCCCC2Cn2cccn2)n1. The van der Waals surface area contributed by atoms with Crippen LogP contribution in [0.3, 0.4) is 0 Å². The molecular weight excluding hydrogens is 254 g/mol. The zero-order valence-corrected chi connectivity index (χ0v) is 12.1. The average Bonchev–Trinajstić information content (AvgIpc) is 3.10. The van der Waals surface area contributed by atoms with Crippen molar-refractivity contribution >= 4 is 0 Å². The van der Waals surface area contributed by atoms with Crippen molar-refractivity contribution in [3.8, 4) is 0 Å². The number of likely N-dealkylation sites (tertiary alicyclic amines) is 1. The first-order chi connectivity index (χ1) is 9.74. The monoisotopic (exact) mass is 275 g/mol. The number of hydrogen-bond donors (Lipinski definition) is 0. The van der Waals surface area contributed by atoms with Gasteiger partial charge < -0.3 is 4.52 Å². The highest BCUT2D eigenvalue weighted by Gasteiger charge is 2.30. The molecule has 2 atom stereocenters. The van der Waals surface area contributed by atoms with Crippen molar-refractivity contribution in [3.63, 3.8) is 0 Å². The molecule has 2 unspecified atom stereocenters. The molecule has 0 aliphatic carbocycles. The van der Waals surface area contributed by atoms with Gasteiger partial charge in [-0.2, -0.15) is 10.1 Å². The molecule has 6 heteroatoms. The second-order valence-electron chi connectivity index (χ2n) is 5.47. The van der Waals surface area contributed by atoms with Gasteiger partial charge in [-0.25, -0.2) is 0 Å². The molecule has 1 aliphatic heterocycles. The molecule has 3 heterocycles. The molecule has 1 aliphatic rings. The number of piperidine rings is 1. The van der Waals surface area contributed by atoms with Crippen molar-refractivity contribution in [2.45, 2.75) is 51.7 Å². The number of aryl methyl sites for hydroxylation is 1. The summed E-state index contributed by atoms with van der Waals surface area (Å²) in [5, 5.41) is 8.22. The van der Waals surface area contributed by atoms with Crippen LogP contribution in [-0.2, 0) is 6.54 Å². The topological polar surface area (TPSA) is 60.0 Å². The van der Waals surface area contributed by atoms with Gasteiger partial charge in [-0.3, -0.25) is 9.58 Å². The maximum atomic E-state index is 5.34. The molecule has 3 rings (SSSR count). The molecule has 6 nitrogen and oxygen atoms in total. The Labute approximate surface area is 118 Å². The van der Waals surface area contributed by atoms with Gasteiger partial charge in [-0.15, -0.1) is 0 Å². The smallest absolute Gasteiger partial charge is 0.243 e. The fraction of sp³-hybridized carbons (Fsp3) is 0.643. The largest absolute Gasteiger partial charge is 0.338 e. The fourth-order valence-electron chi connectivity index (χ4n) is 2.98. The Balaban J connectivity index is 1.74. The highest BCUT2D eigenvalue weighted by Crippen LogP contribution is 2.28. The molecule has 0 spiro atoms. The van der Waals surface area contributed by atoms with Crippen LogP contribution in [0.25, 0.3) is 0 Å². The molecule has 0 aromatic carbocycles. The van der Waals surface area contributed by atoms with Gasteiger partial charge in [0, 0.05) is 18.4 Å². The lowest BCUT2D eigenvalue weighted by molar-refractivity contribution is 0.0719. The van der Waals surface area contributed by atoms with Gasteiger partial charge >= 0.3 is 0 Å². The van der Waals surface area contributed by atoms with Crippen LogP contribution in [0.15, 0.2) is 23.0 Å². The molecule has 1 fully saturated rings. The van der Waals surface area contributed by atoms with Gasteiger partial charge in [0.15, 0.2) is 5.82 Å². The lowest BCUT2D eigenvalue weighted by atomic mass is 10.00. The van der Waals surface area contributed by atoms with E-state index in [9.17, 15) is 0 Å². The number of aromatic nitrogens is 4. The maximum Gasteiger partial charge on any atom is 0.243 e. The zero-order chi connectivity index (χ0) is 13.9. The first-order valence-electron chi connectivity index (χ1n) is 7.27. The number of hydrogen-bond acceptors (Lipinski definition) is 5. The van der Waals surface area contributed by atoms with E-state index in [1.165, 1.54) is 19.3 Å². The van der Waals surface area contributed by atoms with E-state index >= 15 is 0 Å². The minimum atomic E-state index is 0.164. The first kappa shape index (κ1) is 13.3. The van der Waals surface area contributed by atoms with Crippen LogP contribution < -0.4 is 0 Å². The third-order valence-electron chi connectivity index (χ3n) is 4.03. The van der Waals surface area contributed by atoms with Gasteiger partial charge in [0.1, 0.15) is 0 Å². The molecule has 0 N–H and O–H groups in total. The lowest BCUT2D eigenvalue weighted by Gasteiger charge is -2.38. The fourth-order valence-corrected chi connectivity index (χ4v) is 2.98. The van der Waals surface area contributed by atoms with Crippen LogP contribution in [-0.4, -0.2) is 37.4 Å². The Kier molecular flexibility index (Phi) is 3.82. The van der Waals surface area contributed by atoms with Crippen molar-refractivity contribution in [2.24, 2.45) is 0 Å². The molecule has 0 amide bonds. The number of nitrogens with zero attached hydrogens (tertiary/aromatic N) is 5. The van der Waals surface area contributed by atoms with Gasteiger partial charge in [0.2, 0.25) is 5.89 Å². The van der Waals surface area contributed by atoms with Gasteiger partial charge in [0.05, 0.1) is 12.6 Å². The van der Waals surface area contributed by atoms with E-state index in [1.54, 1.807) is 0 Å². The van der Waals surface area contributed by atoms with Crippen molar-refractivity contribution in [1.29, 1.82) is 0 Å². The van der Waals surface area contributed by atoms with Crippen molar-refractivity contribution < 1.29 is 4.52 Å². The predicted molar refractivity (Wildman–Crippen MR) is 74.0 cm³/mol. The molecule has 2 aromatic heterocycles. The molecule has 1 saturated heterocycles. The van der Waals surface area contributed by atoms with Gasteiger partial charge in [-0.05, 0) is 39.3 Å². The van der Waals surface area contributed by atoms with Gasteiger partial charge in [-0.1, -0.05) is 11.6 Å². The van der Waals surface area contributed by atoms with Crippen molar-refractivity contribution in [3.05, 3.63) is 30.2 Å². The molecule has 0 saturated carbocycles. The Morgan fingerprint density at radius 3 is 3.05 bits per heavy atom.